The number of amides is 2. The fourth-order valence-corrected chi connectivity index (χ4v) is 4.50. The molecular weight excluding hydrogens is 352 g/mol. The summed E-state index contributed by atoms with van der Waals surface area (Å²) in [5.41, 5.74) is 0. The molecule has 0 bridgehead atoms. The van der Waals surface area contributed by atoms with Gasteiger partial charge < -0.3 is 10.2 Å². The molecule has 2 aliphatic rings. The first-order chi connectivity index (χ1) is 12.6. The van der Waals surface area contributed by atoms with E-state index in [1.165, 1.54) is 43.9 Å². The lowest BCUT2D eigenvalue weighted by Crippen LogP contribution is -2.47. The third-order valence-corrected chi connectivity index (χ3v) is 6.30. The molecule has 1 saturated heterocycles. The molecule has 3 rings (SSSR count). The predicted octanol–water partition coefficient (Wildman–Crippen LogP) is 1.24. The molecular formula is C17H28N6O2S. The third-order valence-electron chi connectivity index (χ3n) is 5.29. The van der Waals surface area contributed by atoms with E-state index < -0.39 is 0 Å². The lowest BCUT2D eigenvalue weighted by Gasteiger charge is -2.35. The molecule has 0 unspecified atom stereocenters. The molecule has 1 N–H and O–H groups in total. The smallest absolute Gasteiger partial charge is 0.224 e. The van der Waals surface area contributed by atoms with Crippen LogP contribution in [0.25, 0.3) is 0 Å². The maximum Gasteiger partial charge on any atom is 0.224 e. The Hall–Kier alpha value is -1.64. The maximum absolute atomic E-state index is 12.5. The summed E-state index contributed by atoms with van der Waals surface area (Å²) in [4.78, 5) is 26.6. The van der Waals surface area contributed by atoms with Crippen LogP contribution in [-0.4, -0.2) is 62.3 Å². The zero-order valence-corrected chi connectivity index (χ0v) is 16.2. The Labute approximate surface area is 158 Å². The van der Waals surface area contributed by atoms with Gasteiger partial charge in [-0.3, -0.25) is 9.59 Å². The van der Waals surface area contributed by atoms with Crippen molar-refractivity contribution in [2.45, 2.75) is 50.1 Å². The van der Waals surface area contributed by atoms with Gasteiger partial charge in [-0.25, -0.2) is 4.68 Å². The van der Waals surface area contributed by atoms with Crippen LogP contribution in [0.1, 0.15) is 44.9 Å². The van der Waals surface area contributed by atoms with Gasteiger partial charge in [0.1, 0.15) is 0 Å². The number of rotatable bonds is 7. The standard InChI is InChI=1S/C17H28N6O2S/c1-22-17(19-20-21-22)26-10-9-18-16(25)14-7-8-15(24)23(12-14)11-13-5-3-2-4-6-13/h13-14H,2-12H2,1H3,(H,18,25)/t14-/m1/s1. The van der Waals surface area contributed by atoms with Crippen LogP contribution in [0.5, 0.6) is 0 Å². The van der Waals surface area contributed by atoms with Crippen molar-refractivity contribution in [3.63, 3.8) is 0 Å². The molecule has 1 aliphatic carbocycles. The van der Waals surface area contributed by atoms with Crippen LogP contribution in [-0.2, 0) is 16.6 Å². The van der Waals surface area contributed by atoms with E-state index in [0.29, 0.717) is 31.8 Å². The number of nitrogens with one attached hydrogen (secondary N) is 1. The van der Waals surface area contributed by atoms with E-state index >= 15 is 0 Å². The lowest BCUT2D eigenvalue weighted by molar-refractivity contribution is -0.139. The van der Waals surface area contributed by atoms with Gasteiger partial charge >= 0.3 is 0 Å². The molecule has 1 aromatic rings. The molecule has 9 heteroatoms. The van der Waals surface area contributed by atoms with Crippen molar-refractivity contribution in [2.75, 3.05) is 25.4 Å². The molecule has 26 heavy (non-hydrogen) atoms. The van der Waals surface area contributed by atoms with Gasteiger partial charge in [-0.1, -0.05) is 31.0 Å². The normalized spacial score (nSPS) is 21.8. The Morgan fingerprint density at radius 2 is 2.08 bits per heavy atom. The average molecular weight is 381 g/mol. The minimum Gasteiger partial charge on any atom is -0.355 e. The van der Waals surface area contributed by atoms with E-state index in [4.69, 9.17) is 0 Å². The first-order valence-electron chi connectivity index (χ1n) is 9.54. The van der Waals surface area contributed by atoms with E-state index in [-0.39, 0.29) is 17.7 Å². The zero-order chi connectivity index (χ0) is 18.4. The summed E-state index contributed by atoms with van der Waals surface area (Å²) in [5, 5.41) is 15.0. The summed E-state index contributed by atoms with van der Waals surface area (Å²) in [6, 6.07) is 0. The van der Waals surface area contributed by atoms with Crippen LogP contribution < -0.4 is 5.32 Å². The van der Waals surface area contributed by atoms with E-state index in [9.17, 15) is 9.59 Å². The number of piperidine rings is 1. The van der Waals surface area contributed by atoms with E-state index in [1.807, 2.05) is 4.90 Å². The van der Waals surface area contributed by atoms with Gasteiger partial charge in [-0.15, -0.1) is 5.10 Å². The molecule has 1 aliphatic heterocycles. The number of likely N-dealkylation sites (tertiary alicyclic amines) is 1. The highest BCUT2D eigenvalue weighted by atomic mass is 32.2. The number of hydrogen-bond acceptors (Lipinski definition) is 6. The van der Waals surface area contributed by atoms with Gasteiger partial charge in [-0.2, -0.15) is 0 Å². The monoisotopic (exact) mass is 380 g/mol. The number of aryl methyl sites for hydroxylation is 1. The second-order valence-electron chi connectivity index (χ2n) is 7.26. The van der Waals surface area contributed by atoms with E-state index in [0.717, 1.165) is 17.5 Å². The van der Waals surface area contributed by atoms with Crippen molar-refractivity contribution in [1.82, 2.24) is 30.4 Å². The second kappa shape index (κ2) is 9.34. The second-order valence-corrected chi connectivity index (χ2v) is 8.32. The molecule has 0 radical (unpaired) electrons. The Kier molecular flexibility index (Phi) is 6.87. The highest BCUT2D eigenvalue weighted by Crippen LogP contribution is 2.27. The molecule has 2 heterocycles. The molecule has 1 atom stereocenters. The maximum atomic E-state index is 12.5. The van der Waals surface area contributed by atoms with Gasteiger partial charge in [0.2, 0.25) is 17.0 Å². The lowest BCUT2D eigenvalue weighted by atomic mass is 9.87. The van der Waals surface area contributed by atoms with Gasteiger partial charge in [0, 0.05) is 38.9 Å². The fraction of sp³-hybridized carbons (Fsp3) is 0.824. The van der Waals surface area contributed by atoms with Gasteiger partial charge in [-0.05, 0) is 35.6 Å². The van der Waals surface area contributed by atoms with Crippen LogP contribution in [0, 0.1) is 11.8 Å². The number of carbonyl (C=O) groups excluding carboxylic acids is 2. The highest BCUT2D eigenvalue weighted by molar-refractivity contribution is 7.99. The molecule has 2 fully saturated rings. The van der Waals surface area contributed by atoms with Crippen molar-refractivity contribution in [3.05, 3.63) is 0 Å². The van der Waals surface area contributed by atoms with E-state index in [2.05, 4.69) is 20.8 Å². The summed E-state index contributed by atoms with van der Waals surface area (Å²) < 4.78 is 1.61. The molecule has 2 amide bonds. The van der Waals surface area contributed by atoms with Crippen LogP contribution in [0.15, 0.2) is 5.16 Å². The predicted molar refractivity (Wildman–Crippen MR) is 98.4 cm³/mol. The summed E-state index contributed by atoms with van der Waals surface area (Å²) in [5.74, 6) is 1.52. The minimum absolute atomic E-state index is 0.0582. The summed E-state index contributed by atoms with van der Waals surface area (Å²) in [6.07, 6.45) is 7.45. The topological polar surface area (TPSA) is 93.0 Å². The first kappa shape index (κ1) is 19.1. The molecule has 144 valence electrons. The molecule has 0 spiro atoms. The molecule has 1 aromatic heterocycles. The fourth-order valence-electron chi connectivity index (χ4n) is 3.79. The number of hydrogen-bond donors (Lipinski definition) is 1. The molecule has 8 nitrogen and oxygen atoms in total. The van der Waals surface area contributed by atoms with Crippen LogP contribution in [0.2, 0.25) is 0 Å². The van der Waals surface area contributed by atoms with Crippen molar-refractivity contribution in [1.29, 1.82) is 0 Å². The zero-order valence-electron chi connectivity index (χ0n) is 15.4. The van der Waals surface area contributed by atoms with Crippen LogP contribution >= 0.6 is 11.8 Å². The third kappa shape index (κ3) is 5.18. The summed E-state index contributed by atoms with van der Waals surface area (Å²) in [7, 11) is 1.79. The number of carbonyl (C=O) groups is 2. The van der Waals surface area contributed by atoms with E-state index in [1.54, 1.807) is 11.7 Å². The highest BCUT2D eigenvalue weighted by Gasteiger charge is 2.31. The van der Waals surface area contributed by atoms with Crippen LogP contribution in [0.4, 0.5) is 0 Å². The van der Waals surface area contributed by atoms with Crippen molar-refractivity contribution in [2.24, 2.45) is 18.9 Å². The van der Waals surface area contributed by atoms with Gasteiger partial charge in [0.05, 0.1) is 5.92 Å². The molecule has 1 saturated carbocycles. The van der Waals surface area contributed by atoms with Gasteiger partial charge in [0.15, 0.2) is 0 Å². The Morgan fingerprint density at radius 3 is 2.81 bits per heavy atom. The Morgan fingerprint density at radius 1 is 1.27 bits per heavy atom. The Bertz CT molecular complexity index is 616. The average Bonchev–Trinajstić information content (AvgIpc) is 3.06. The number of tetrazole rings is 1. The molecule has 0 aromatic carbocycles. The van der Waals surface area contributed by atoms with Crippen molar-refractivity contribution >= 4 is 23.6 Å². The van der Waals surface area contributed by atoms with Crippen molar-refractivity contribution < 1.29 is 9.59 Å². The first-order valence-corrected chi connectivity index (χ1v) is 10.5. The van der Waals surface area contributed by atoms with Crippen LogP contribution in [0.3, 0.4) is 0 Å². The summed E-state index contributed by atoms with van der Waals surface area (Å²) >= 11 is 1.51. The quantitative estimate of drug-likeness (QED) is 0.565. The summed E-state index contributed by atoms with van der Waals surface area (Å²) in [6.45, 7) is 1.97. The Balaban J connectivity index is 1.40. The van der Waals surface area contributed by atoms with Crippen molar-refractivity contribution in [3.8, 4) is 0 Å². The largest absolute Gasteiger partial charge is 0.355 e. The number of aromatic nitrogens is 4. The number of thioether (sulfide) groups is 1. The number of nitrogens with zero attached hydrogens (tertiary/aromatic N) is 5. The minimum atomic E-state index is -0.0854. The van der Waals surface area contributed by atoms with Gasteiger partial charge in [0.25, 0.3) is 0 Å². The SMILES string of the molecule is Cn1nnnc1SCCNC(=O)[C@@H]1CCC(=O)N(CC2CCCCC2)C1.